The summed E-state index contributed by atoms with van der Waals surface area (Å²) in [5, 5.41) is 9.99. The number of pyridine rings is 1. The molecule has 0 saturated heterocycles. The highest BCUT2D eigenvalue weighted by Gasteiger charge is 2.15. The summed E-state index contributed by atoms with van der Waals surface area (Å²) in [6.45, 7) is 6.04. The lowest BCUT2D eigenvalue weighted by Crippen LogP contribution is -1.93. The molecule has 4 heteroatoms. The number of aromatic carboxylic acids is 1. The molecule has 1 N–H and O–H groups in total. The lowest BCUT2D eigenvalue weighted by molar-refractivity contribution is 0.0701. The third-order valence-electron chi connectivity index (χ3n) is 2.68. The summed E-state index contributed by atoms with van der Waals surface area (Å²) >= 11 is 1.24. The van der Waals surface area contributed by atoms with E-state index < -0.39 is 5.97 Å². The van der Waals surface area contributed by atoms with E-state index in [1.165, 1.54) is 11.3 Å². The third kappa shape index (κ3) is 2.31. The van der Waals surface area contributed by atoms with Crippen LogP contribution >= 0.6 is 11.3 Å². The van der Waals surface area contributed by atoms with Crippen molar-refractivity contribution in [3.8, 4) is 0 Å². The molecule has 0 saturated carbocycles. The number of hydrogen-bond acceptors (Lipinski definition) is 3. The molecule has 0 aliphatic carbocycles. The Balaban J connectivity index is 0.00000144. The first kappa shape index (κ1) is 13.6. The van der Waals surface area contributed by atoms with Crippen molar-refractivity contribution >= 4 is 27.5 Å². The average molecular weight is 251 g/mol. The van der Waals surface area contributed by atoms with E-state index in [0.29, 0.717) is 10.8 Å². The number of thiophene rings is 1. The van der Waals surface area contributed by atoms with E-state index in [1.807, 2.05) is 19.2 Å². The van der Waals surface area contributed by atoms with Crippen LogP contribution < -0.4 is 0 Å². The predicted molar refractivity (Wildman–Crippen MR) is 72.1 cm³/mol. The largest absolute Gasteiger partial charge is 0.477 e. The van der Waals surface area contributed by atoms with Gasteiger partial charge >= 0.3 is 5.97 Å². The van der Waals surface area contributed by atoms with Crippen LogP contribution in [0.4, 0.5) is 0 Å². The Morgan fingerprint density at radius 1 is 1.47 bits per heavy atom. The summed E-state index contributed by atoms with van der Waals surface area (Å²) in [6.07, 6.45) is 1.83. The van der Waals surface area contributed by atoms with Gasteiger partial charge in [-0.1, -0.05) is 21.3 Å². The number of carbonyl (C=O) groups is 1. The van der Waals surface area contributed by atoms with Crippen molar-refractivity contribution in [1.29, 1.82) is 0 Å². The van der Waals surface area contributed by atoms with Gasteiger partial charge in [-0.3, -0.25) is 0 Å². The number of carboxylic acids is 1. The van der Waals surface area contributed by atoms with Gasteiger partial charge in [0.15, 0.2) is 0 Å². The minimum atomic E-state index is -0.869. The molecular weight excluding hydrogens is 234 g/mol. The number of carboxylic acid groups (broad SMARTS) is 1. The molecule has 2 heterocycles. The van der Waals surface area contributed by atoms with Gasteiger partial charge in [0.05, 0.1) is 0 Å². The summed E-state index contributed by atoms with van der Waals surface area (Å²) < 4.78 is 0. The molecule has 0 bridgehead atoms. The smallest absolute Gasteiger partial charge is 0.346 e. The van der Waals surface area contributed by atoms with Crippen molar-refractivity contribution in [2.45, 2.75) is 34.1 Å². The van der Waals surface area contributed by atoms with Gasteiger partial charge in [-0.15, -0.1) is 11.3 Å². The van der Waals surface area contributed by atoms with E-state index >= 15 is 0 Å². The second kappa shape index (κ2) is 4.84. The molecule has 3 nitrogen and oxygen atoms in total. The Labute approximate surface area is 105 Å². The highest BCUT2D eigenvalue weighted by atomic mass is 32.1. The Morgan fingerprint density at radius 3 is 2.65 bits per heavy atom. The Morgan fingerprint density at radius 2 is 2.12 bits per heavy atom. The van der Waals surface area contributed by atoms with E-state index in [9.17, 15) is 4.79 Å². The second-order valence-corrected chi connectivity index (χ2v) is 5.14. The van der Waals surface area contributed by atoms with E-state index in [1.54, 1.807) is 0 Å². The highest BCUT2D eigenvalue weighted by Crippen LogP contribution is 2.31. The number of aromatic nitrogens is 1. The predicted octanol–water partition coefficient (Wildman–Crippen LogP) is 4.06. The molecule has 0 radical (unpaired) electrons. The fourth-order valence-corrected chi connectivity index (χ4v) is 2.60. The minimum absolute atomic E-state index is 0. The van der Waals surface area contributed by atoms with Crippen molar-refractivity contribution < 1.29 is 9.90 Å². The number of nitrogens with zero attached hydrogens (tertiary/aromatic N) is 1. The van der Waals surface area contributed by atoms with Gasteiger partial charge in [-0.05, 0) is 30.0 Å². The van der Waals surface area contributed by atoms with E-state index in [-0.39, 0.29) is 7.43 Å². The van der Waals surface area contributed by atoms with Crippen LogP contribution in [0.5, 0.6) is 0 Å². The Kier molecular flexibility index (Phi) is 3.88. The van der Waals surface area contributed by atoms with Crippen LogP contribution in [0.25, 0.3) is 10.2 Å². The molecule has 0 aliphatic rings. The second-order valence-electron chi connectivity index (χ2n) is 4.14. The number of hydrogen-bond donors (Lipinski definition) is 1. The maximum atomic E-state index is 11.0. The molecule has 2 aromatic heterocycles. The fraction of sp³-hybridized carbons (Fsp3) is 0.385. The highest BCUT2D eigenvalue weighted by molar-refractivity contribution is 7.20. The zero-order chi connectivity index (χ0) is 11.9. The van der Waals surface area contributed by atoms with Gasteiger partial charge in [0.1, 0.15) is 9.71 Å². The number of aryl methyl sites for hydroxylation is 1. The summed E-state index contributed by atoms with van der Waals surface area (Å²) in [5.74, 6) is -0.462. The lowest BCUT2D eigenvalue weighted by Gasteiger charge is -2.03. The fourth-order valence-electron chi connectivity index (χ4n) is 1.63. The Hall–Kier alpha value is -1.42. The molecule has 0 spiro atoms. The van der Waals surface area contributed by atoms with Crippen molar-refractivity contribution in [3.05, 3.63) is 28.3 Å². The van der Waals surface area contributed by atoms with Crippen LogP contribution in [0.3, 0.4) is 0 Å². The van der Waals surface area contributed by atoms with Gasteiger partial charge in [-0.25, -0.2) is 9.78 Å². The zero-order valence-electron chi connectivity index (χ0n) is 9.44. The number of rotatable bonds is 2. The van der Waals surface area contributed by atoms with Crippen LogP contribution in [-0.4, -0.2) is 16.1 Å². The van der Waals surface area contributed by atoms with Gasteiger partial charge < -0.3 is 5.11 Å². The number of fused-ring (bicyclic) bond motifs is 1. The molecule has 0 unspecified atom stereocenters. The molecule has 2 aromatic rings. The first-order valence-electron chi connectivity index (χ1n) is 5.13. The van der Waals surface area contributed by atoms with E-state index in [2.05, 4.69) is 18.8 Å². The monoisotopic (exact) mass is 251 g/mol. The zero-order valence-corrected chi connectivity index (χ0v) is 10.3. The van der Waals surface area contributed by atoms with Crippen molar-refractivity contribution in [2.75, 3.05) is 0 Å². The van der Waals surface area contributed by atoms with Gasteiger partial charge in [-0.2, -0.15) is 0 Å². The molecule has 2 rings (SSSR count). The van der Waals surface area contributed by atoms with Gasteiger partial charge in [0.2, 0.25) is 0 Å². The normalized spacial score (nSPS) is 10.6. The van der Waals surface area contributed by atoms with Crippen molar-refractivity contribution in [3.63, 3.8) is 0 Å². The first-order valence-corrected chi connectivity index (χ1v) is 5.94. The molecule has 17 heavy (non-hydrogen) atoms. The molecule has 0 aliphatic heterocycles. The molecular formula is C13H17NO2S. The Bertz CT molecular complexity index is 558. The minimum Gasteiger partial charge on any atom is -0.477 e. The molecule has 0 aromatic carbocycles. The van der Waals surface area contributed by atoms with Gasteiger partial charge in [0, 0.05) is 11.6 Å². The topological polar surface area (TPSA) is 50.2 Å². The quantitative estimate of drug-likeness (QED) is 0.875. The van der Waals surface area contributed by atoms with Crippen LogP contribution in [0.1, 0.15) is 48.0 Å². The molecule has 0 fully saturated rings. The molecule has 0 atom stereocenters. The summed E-state index contributed by atoms with van der Waals surface area (Å²) in [5.41, 5.74) is 1.97. The van der Waals surface area contributed by atoms with Crippen LogP contribution in [0.2, 0.25) is 0 Å². The maximum absolute atomic E-state index is 11.0. The van der Waals surface area contributed by atoms with E-state index in [4.69, 9.17) is 5.11 Å². The lowest BCUT2D eigenvalue weighted by atomic mass is 10.0. The standard InChI is InChI=1S/C12H13NO2S.CH4/c1-6(2)8-4-9-7(3)10(12(14)15)16-11(9)13-5-8;/h4-6H,1-3H3,(H,14,15);1H4. The van der Waals surface area contributed by atoms with Crippen LogP contribution in [0, 0.1) is 6.92 Å². The maximum Gasteiger partial charge on any atom is 0.346 e. The summed E-state index contributed by atoms with van der Waals surface area (Å²) in [6, 6.07) is 2.05. The average Bonchev–Trinajstić information content (AvgIpc) is 2.56. The van der Waals surface area contributed by atoms with Gasteiger partial charge in [0.25, 0.3) is 0 Å². The first-order chi connectivity index (χ1) is 7.50. The third-order valence-corrected chi connectivity index (χ3v) is 3.88. The summed E-state index contributed by atoms with van der Waals surface area (Å²) in [7, 11) is 0. The van der Waals surface area contributed by atoms with Crippen molar-refractivity contribution in [2.24, 2.45) is 0 Å². The SMILES string of the molecule is C.Cc1c(C(=O)O)sc2ncc(C(C)C)cc12. The van der Waals surface area contributed by atoms with Crippen LogP contribution in [-0.2, 0) is 0 Å². The van der Waals surface area contributed by atoms with Crippen molar-refractivity contribution in [1.82, 2.24) is 4.98 Å². The van der Waals surface area contributed by atoms with E-state index in [0.717, 1.165) is 21.3 Å². The molecule has 0 amide bonds. The molecule has 92 valence electrons. The van der Waals surface area contributed by atoms with Crippen LogP contribution in [0.15, 0.2) is 12.3 Å². The summed E-state index contributed by atoms with van der Waals surface area (Å²) in [4.78, 5) is 16.5.